The normalized spacial score (nSPS) is 13.1. The van der Waals surface area contributed by atoms with Gasteiger partial charge in [-0.3, -0.25) is 9.59 Å². The zero-order chi connectivity index (χ0) is 19.9. The Morgan fingerprint density at radius 3 is 2.57 bits per heavy atom. The molecule has 0 bridgehead atoms. The quantitative estimate of drug-likeness (QED) is 0.459. The number of carbonyl (C=O) groups excluding carboxylic acids is 2. The molecule has 0 unspecified atom stereocenters. The number of fused-ring (bicyclic) bond motifs is 1. The summed E-state index contributed by atoms with van der Waals surface area (Å²) in [5, 5.41) is 3.22. The molecule has 1 heterocycles. The van der Waals surface area contributed by atoms with E-state index in [1.165, 1.54) is 0 Å². The van der Waals surface area contributed by atoms with Crippen molar-refractivity contribution in [1.82, 2.24) is 10.3 Å². The standard InChI is InChI=1S/C21H22N2O4S/c1-14(16-8-4-3-5-9-16)12-22-20(25)15(2)26-19(24)13-28-21-23-17-10-6-7-11-18(17)27-21/h3-11,14-15H,12-13H2,1-2H3,(H,22,25)/t14-,15-/m0/s1. The summed E-state index contributed by atoms with van der Waals surface area (Å²) >= 11 is 1.14. The highest BCUT2D eigenvalue weighted by Gasteiger charge is 2.19. The lowest BCUT2D eigenvalue weighted by Gasteiger charge is -2.16. The molecule has 0 fully saturated rings. The molecule has 2 atom stereocenters. The Morgan fingerprint density at radius 2 is 1.82 bits per heavy atom. The monoisotopic (exact) mass is 398 g/mol. The first-order chi connectivity index (χ1) is 13.5. The van der Waals surface area contributed by atoms with Crippen molar-refractivity contribution in [3.63, 3.8) is 0 Å². The van der Waals surface area contributed by atoms with Crippen LogP contribution in [0, 0.1) is 0 Å². The van der Waals surface area contributed by atoms with E-state index < -0.39 is 12.1 Å². The van der Waals surface area contributed by atoms with Crippen LogP contribution in [0.3, 0.4) is 0 Å². The number of nitrogens with one attached hydrogen (secondary N) is 1. The maximum Gasteiger partial charge on any atom is 0.317 e. The SMILES string of the molecule is C[C@H](OC(=O)CSc1nc2ccccc2o1)C(=O)NC[C@H](C)c1ccccc1. The number of rotatable bonds is 8. The van der Waals surface area contributed by atoms with E-state index >= 15 is 0 Å². The van der Waals surface area contributed by atoms with Crippen LogP contribution in [0.5, 0.6) is 0 Å². The van der Waals surface area contributed by atoms with Gasteiger partial charge in [0.05, 0.1) is 0 Å². The minimum atomic E-state index is -0.861. The Morgan fingerprint density at radius 1 is 1.11 bits per heavy atom. The molecule has 0 aliphatic heterocycles. The number of thioether (sulfide) groups is 1. The highest BCUT2D eigenvalue weighted by Crippen LogP contribution is 2.23. The fraction of sp³-hybridized carbons (Fsp3) is 0.286. The molecule has 0 aliphatic carbocycles. The van der Waals surface area contributed by atoms with Crippen molar-refractivity contribution < 1.29 is 18.7 Å². The van der Waals surface area contributed by atoms with Gasteiger partial charge in [0.15, 0.2) is 11.7 Å². The highest BCUT2D eigenvalue weighted by molar-refractivity contribution is 7.99. The highest BCUT2D eigenvalue weighted by atomic mass is 32.2. The summed E-state index contributed by atoms with van der Waals surface area (Å²) in [6.07, 6.45) is -0.861. The van der Waals surface area contributed by atoms with Crippen molar-refractivity contribution in [1.29, 1.82) is 0 Å². The van der Waals surface area contributed by atoms with Crippen LogP contribution in [0.2, 0.25) is 0 Å². The van der Waals surface area contributed by atoms with Gasteiger partial charge >= 0.3 is 5.97 Å². The van der Waals surface area contributed by atoms with Gasteiger partial charge < -0.3 is 14.5 Å². The molecule has 1 amide bonds. The summed E-state index contributed by atoms with van der Waals surface area (Å²) in [4.78, 5) is 28.5. The lowest BCUT2D eigenvalue weighted by atomic mass is 10.0. The van der Waals surface area contributed by atoms with Gasteiger partial charge in [-0.25, -0.2) is 4.98 Å². The molecule has 0 aliphatic rings. The van der Waals surface area contributed by atoms with Crippen LogP contribution in [0.1, 0.15) is 25.3 Å². The van der Waals surface area contributed by atoms with E-state index in [1.807, 2.05) is 61.5 Å². The Balaban J connectivity index is 1.42. The number of amides is 1. The van der Waals surface area contributed by atoms with Gasteiger partial charge in [-0.1, -0.05) is 61.2 Å². The van der Waals surface area contributed by atoms with Gasteiger partial charge in [-0.15, -0.1) is 0 Å². The third-order valence-corrected chi connectivity index (χ3v) is 5.02. The number of carbonyl (C=O) groups is 2. The first-order valence-electron chi connectivity index (χ1n) is 9.03. The predicted octanol–water partition coefficient (Wildman–Crippen LogP) is 3.77. The number of hydrogen-bond acceptors (Lipinski definition) is 6. The fourth-order valence-electron chi connectivity index (χ4n) is 2.62. The van der Waals surface area contributed by atoms with Crippen LogP contribution < -0.4 is 5.32 Å². The third-order valence-electron chi connectivity index (χ3n) is 4.22. The van der Waals surface area contributed by atoms with Crippen LogP contribution in [-0.2, 0) is 14.3 Å². The van der Waals surface area contributed by atoms with E-state index in [4.69, 9.17) is 9.15 Å². The summed E-state index contributed by atoms with van der Waals surface area (Å²) in [5.41, 5.74) is 2.54. The average Bonchev–Trinajstić information content (AvgIpc) is 3.14. The first-order valence-corrected chi connectivity index (χ1v) is 10.0. The summed E-state index contributed by atoms with van der Waals surface area (Å²) in [7, 11) is 0. The minimum Gasteiger partial charge on any atom is -0.452 e. The van der Waals surface area contributed by atoms with Gasteiger partial charge in [0, 0.05) is 6.54 Å². The van der Waals surface area contributed by atoms with E-state index in [9.17, 15) is 9.59 Å². The van der Waals surface area contributed by atoms with Crippen molar-refractivity contribution in [2.24, 2.45) is 0 Å². The number of benzene rings is 2. The molecule has 146 valence electrons. The van der Waals surface area contributed by atoms with Gasteiger partial charge in [-0.2, -0.15) is 0 Å². The first kappa shape index (κ1) is 19.9. The van der Waals surface area contributed by atoms with E-state index in [0.29, 0.717) is 17.4 Å². The van der Waals surface area contributed by atoms with Crippen molar-refractivity contribution >= 4 is 34.7 Å². The second kappa shape index (κ2) is 9.41. The lowest BCUT2D eigenvalue weighted by Crippen LogP contribution is -2.37. The van der Waals surface area contributed by atoms with Gasteiger partial charge in [0.2, 0.25) is 0 Å². The molecule has 0 saturated heterocycles. The van der Waals surface area contributed by atoms with Gasteiger partial charge in [-0.05, 0) is 30.5 Å². The Kier molecular flexibility index (Phi) is 6.71. The molecule has 0 saturated carbocycles. The molecule has 7 heteroatoms. The van der Waals surface area contributed by atoms with Crippen molar-refractivity contribution in [2.45, 2.75) is 31.1 Å². The van der Waals surface area contributed by atoms with Gasteiger partial charge in [0.1, 0.15) is 11.3 Å². The van der Waals surface area contributed by atoms with E-state index in [2.05, 4.69) is 10.3 Å². The Labute approximate surface area is 167 Å². The minimum absolute atomic E-state index is 0.0187. The largest absolute Gasteiger partial charge is 0.452 e. The Hall–Kier alpha value is -2.80. The summed E-state index contributed by atoms with van der Waals surface area (Å²) in [6, 6.07) is 17.3. The van der Waals surface area contributed by atoms with E-state index in [1.54, 1.807) is 6.92 Å². The molecule has 0 radical (unpaired) electrons. The molecule has 1 N–H and O–H groups in total. The average molecular weight is 398 g/mol. The smallest absolute Gasteiger partial charge is 0.317 e. The maximum absolute atomic E-state index is 12.2. The second-order valence-electron chi connectivity index (χ2n) is 6.43. The molecular weight excluding hydrogens is 376 g/mol. The molecule has 1 aromatic heterocycles. The van der Waals surface area contributed by atoms with Crippen molar-refractivity contribution in [3.05, 3.63) is 60.2 Å². The van der Waals surface area contributed by atoms with Crippen molar-refractivity contribution in [2.75, 3.05) is 12.3 Å². The molecule has 0 spiro atoms. The molecule has 2 aromatic carbocycles. The number of para-hydroxylation sites is 2. The number of ether oxygens (including phenoxy) is 1. The van der Waals surface area contributed by atoms with Crippen LogP contribution in [0.15, 0.2) is 64.2 Å². The zero-order valence-electron chi connectivity index (χ0n) is 15.8. The van der Waals surface area contributed by atoms with Crippen LogP contribution in [0.25, 0.3) is 11.1 Å². The van der Waals surface area contributed by atoms with Crippen LogP contribution in [-0.4, -0.2) is 35.3 Å². The summed E-state index contributed by atoms with van der Waals surface area (Å²) < 4.78 is 10.7. The molecule has 3 aromatic rings. The molecule has 6 nitrogen and oxygen atoms in total. The third kappa shape index (κ3) is 5.36. The van der Waals surface area contributed by atoms with E-state index in [-0.39, 0.29) is 17.6 Å². The predicted molar refractivity (Wildman–Crippen MR) is 108 cm³/mol. The zero-order valence-corrected chi connectivity index (χ0v) is 16.6. The topological polar surface area (TPSA) is 81.4 Å². The number of oxazole rings is 1. The van der Waals surface area contributed by atoms with Gasteiger partial charge in [0.25, 0.3) is 11.1 Å². The van der Waals surface area contributed by atoms with Crippen LogP contribution >= 0.6 is 11.8 Å². The van der Waals surface area contributed by atoms with Crippen molar-refractivity contribution in [3.8, 4) is 0 Å². The fourth-order valence-corrected chi connectivity index (χ4v) is 3.24. The number of aromatic nitrogens is 1. The van der Waals surface area contributed by atoms with Crippen LogP contribution in [0.4, 0.5) is 0 Å². The molecule has 28 heavy (non-hydrogen) atoms. The number of nitrogens with zero attached hydrogens (tertiary/aromatic N) is 1. The molecular formula is C21H22N2O4S. The maximum atomic E-state index is 12.2. The summed E-state index contributed by atoms with van der Waals surface area (Å²) in [5.74, 6) is -0.623. The lowest BCUT2D eigenvalue weighted by molar-refractivity contribution is -0.152. The van der Waals surface area contributed by atoms with E-state index in [0.717, 1.165) is 22.8 Å². The second-order valence-corrected chi connectivity index (χ2v) is 7.35. The summed E-state index contributed by atoms with van der Waals surface area (Å²) in [6.45, 7) is 4.07. The molecule has 3 rings (SSSR count). The Bertz CT molecular complexity index is 909. The number of esters is 1. The number of hydrogen-bond donors (Lipinski definition) is 1.